The van der Waals surface area contributed by atoms with Gasteiger partial charge in [0.2, 0.25) is 0 Å². The number of ketones is 1. The van der Waals surface area contributed by atoms with E-state index < -0.39 is 17.5 Å². The molecule has 0 spiro atoms. The first kappa shape index (κ1) is 17.7. The van der Waals surface area contributed by atoms with E-state index in [0.29, 0.717) is 16.9 Å². The lowest BCUT2D eigenvalue weighted by Crippen LogP contribution is -2.41. The van der Waals surface area contributed by atoms with Crippen LogP contribution >= 0.6 is 0 Å². The number of nitrogens with zero attached hydrogens (tertiary/aromatic N) is 1. The monoisotopic (exact) mass is 352 g/mol. The summed E-state index contributed by atoms with van der Waals surface area (Å²) in [5, 5.41) is 2.70. The molecule has 2 aromatic carbocycles. The molecule has 0 aromatic heterocycles. The van der Waals surface area contributed by atoms with E-state index in [1.165, 1.54) is 7.11 Å². The van der Waals surface area contributed by atoms with E-state index in [0.717, 1.165) is 10.5 Å². The Labute approximate surface area is 151 Å². The molecule has 1 heterocycles. The Morgan fingerprint density at radius 3 is 2.50 bits per heavy atom. The Morgan fingerprint density at radius 2 is 1.85 bits per heavy atom. The van der Waals surface area contributed by atoms with Gasteiger partial charge in [-0.25, -0.2) is 4.79 Å². The van der Waals surface area contributed by atoms with Crippen LogP contribution in [0.2, 0.25) is 0 Å². The molecule has 1 aliphatic heterocycles. The van der Waals surface area contributed by atoms with E-state index in [1.807, 2.05) is 19.1 Å². The number of carbonyl (C=O) groups excluding carboxylic acids is 3. The SMILES string of the molecule is COc1ccc(C)cc1C(=O)CN1C(=O)NC(C)(c2ccccc2)C1=O. The molecule has 134 valence electrons. The second-order valence-electron chi connectivity index (χ2n) is 6.44. The molecule has 2 aromatic rings. The first-order chi connectivity index (χ1) is 12.4. The smallest absolute Gasteiger partial charge is 0.325 e. The molecule has 0 bridgehead atoms. The van der Waals surface area contributed by atoms with Crippen molar-refractivity contribution in [2.75, 3.05) is 13.7 Å². The fraction of sp³-hybridized carbons (Fsp3) is 0.250. The second-order valence-corrected chi connectivity index (χ2v) is 6.44. The summed E-state index contributed by atoms with van der Waals surface area (Å²) in [7, 11) is 1.47. The molecule has 0 saturated carbocycles. The molecule has 6 heteroatoms. The third-order valence-corrected chi connectivity index (χ3v) is 4.58. The van der Waals surface area contributed by atoms with Gasteiger partial charge >= 0.3 is 6.03 Å². The van der Waals surface area contributed by atoms with Crippen LogP contribution in [0.15, 0.2) is 48.5 Å². The number of methoxy groups -OCH3 is 1. The molecule has 3 rings (SSSR count). The number of hydrogen-bond donors (Lipinski definition) is 1. The molecule has 3 amide bonds. The maximum atomic E-state index is 12.9. The number of nitrogens with one attached hydrogen (secondary N) is 1. The normalized spacial score (nSPS) is 19.4. The molecule has 1 atom stereocenters. The van der Waals surface area contributed by atoms with Crippen molar-refractivity contribution in [3.8, 4) is 5.75 Å². The molecule has 1 unspecified atom stereocenters. The van der Waals surface area contributed by atoms with Crippen molar-refractivity contribution >= 4 is 17.7 Å². The summed E-state index contributed by atoms with van der Waals surface area (Å²) >= 11 is 0. The quantitative estimate of drug-likeness (QED) is 0.663. The minimum Gasteiger partial charge on any atom is -0.496 e. The van der Waals surface area contributed by atoms with Crippen molar-refractivity contribution in [2.45, 2.75) is 19.4 Å². The summed E-state index contributed by atoms with van der Waals surface area (Å²) in [6.07, 6.45) is 0. The highest BCUT2D eigenvalue weighted by Gasteiger charge is 2.49. The van der Waals surface area contributed by atoms with Crippen LogP contribution in [-0.2, 0) is 10.3 Å². The van der Waals surface area contributed by atoms with Gasteiger partial charge in [-0.05, 0) is 31.5 Å². The van der Waals surface area contributed by atoms with Gasteiger partial charge < -0.3 is 10.1 Å². The van der Waals surface area contributed by atoms with Crippen LogP contribution < -0.4 is 10.1 Å². The van der Waals surface area contributed by atoms with Crippen molar-refractivity contribution in [2.24, 2.45) is 0 Å². The van der Waals surface area contributed by atoms with E-state index in [4.69, 9.17) is 4.74 Å². The van der Waals surface area contributed by atoms with E-state index in [1.54, 1.807) is 43.3 Å². The Kier molecular flexibility index (Phi) is 4.50. The predicted molar refractivity (Wildman–Crippen MR) is 96.1 cm³/mol. The topological polar surface area (TPSA) is 75.7 Å². The first-order valence-corrected chi connectivity index (χ1v) is 8.24. The highest BCUT2D eigenvalue weighted by atomic mass is 16.5. The average Bonchev–Trinajstić information content (AvgIpc) is 2.86. The zero-order valence-corrected chi connectivity index (χ0v) is 14.9. The third kappa shape index (κ3) is 2.94. The fourth-order valence-corrected chi connectivity index (χ4v) is 3.08. The maximum Gasteiger partial charge on any atom is 0.325 e. The van der Waals surface area contributed by atoms with Gasteiger partial charge in [-0.1, -0.05) is 42.0 Å². The van der Waals surface area contributed by atoms with E-state index in [9.17, 15) is 14.4 Å². The number of urea groups is 1. The van der Waals surface area contributed by atoms with Crippen LogP contribution in [0.1, 0.15) is 28.4 Å². The number of rotatable bonds is 5. The summed E-state index contributed by atoms with van der Waals surface area (Å²) in [6.45, 7) is 3.16. The molecule has 1 N–H and O–H groups in total. The summed E-state index contributed by atoms with van der Waals surface area (Å²) in [4.78, 5) is 38.9. The molecule has 0 aliphatic carbocycles. The Morgan fingerprint density at radius 1 is 1.15 bits per heavy atom. The lowest BCUT2D eigenvalue weighted by Gasteiger charge is -2.22. The van der Waals surface area contributed by atoms with E-state index in [2.05, 4.69) is 5.32 Å². The number of benzene rings is 2. The fourth-order valence-electron chi connectivity index (χ4n) is 3.08. The van der Waals surface area contributed by atoms with Gasteiger partial charge in [-0.3, -0.25) is 14.5 Å². The number of carbonyl (C=O) groups is 3. The third-order valence-electron chi connectivity index (χ3n) is 4.58. The highest BCUT2D eigenvalue weighted by Crippen LogP contribution is 2.29. The summed E-state index contributed by atoms with van der Waals surface area (Å²) in [6, 6.07) is 13.6. The molecule has 1 aliphatic rings. The molecule has 26 heavy (non-hydrogen) atoms. The van der Waals surface area contributed by atoms with Crippen molar-refractivity contribution in [3.05, 3.63) is 65.2 Å². The Bertz CT molecular complexity index is 879. The zero-order chi connectivity index (χ0) is 18.9. The second kappa shape index (κ2) is 6.63. The molecule has 1 saturated heterocycles. The molecule has 6 nitrogen and oxygen atoms in total. The number of aryl methyl sites for hydroxylation is 1. The minimum absolute atomic E-state index is 0.340. The number of imide groups is 1. The van der Waals surface area contributed by atoms with Gasteiger partial charge in [-0.2, -0.15) is 0 Å². The Balaban J connectivity index is 1.87. The summed E-state index contributed by atoms with van der Waals surface area (Å²) < 4.78 is 5.23. The first-order valence-electron chi connectivity index (χ1n) is 8.24. The standard InChI is InChI=1S/C20H20N2O4/c1-13-9-10-17(26-3)15(11-13)16(23)12-22-18(24)20(2,21-19(22)25)14-7-5-4-6-8-14/h4-11H,12H2,1-3H3,(H,21,25). The lowest BCUT2D eigenvalue weighted by molar-refractivity contribution is -0.130. The van der Waals surface area contributed by atoms with Crippen LogP contribution in [0.5, 0.6) is 5.75 Å². The Hall–Kier alpha value is -3.15. The van der Waals surface area contributed by atoms with Gasteiger partial charge in [0, 0.05) is 0 Å². The summed E-state index contributed by atoms with van der Waals surface area (Å²) in [5.74, 6) is -0.390. The number of ether oxygens (including phenoxy) is 1. The van der Waals surface area contributed by atoms with Crippen LogP contribution in [0.4, 0.5) is 4.79 Å². The average molecular weight is 352 g/mol. The van der Waals surface area contributed by atoms with E-state index in [-0.39, 0.29) is 12.3 Å². The van der Waals surface area contributed by atoms with Crippen molar-refractivity contribution < 1.29 is 19.1 Å². The highest BCUT2D eigenvalue weighted by molar-refractivity contribution is 6.11. The van der Waals surface area contributed by atoms with Crippen molar-refractivity contribution in [3.63, 3.8) is 0 Å². The lowest BCUT2D eigenvalue weighted by atomic mass is 9.92. The van der Waals surface area contributed by atoms with Crippen LogP contribution in [0.25, 0.3) is 0 Å². The van der Waals surface area contributed by atoms with Crippen molar-refractivity contribution in [1.29, 1.82) is 0 Å². The number of amides is 3. The van der Waals surface area contributed by atoms with Gasteiger partial charge in [0.1, 0.15) is 11.3 Å². The maximum absolute atomic E-state index is 12.9. The summed E-state index contributed by atoms with van der Waals surface area (Å²) in [5.41, 5.74) is 0.721. The van der Waals surface area contributed by atoms with Gasteiger partial charge in [0.05, 0.1) is 19.2 Å². The van der Waals surface area contributed by atoms with Crippen LogP contribution in [0.3, 0.4) is 0 Å². The predicted octanol–water partition coefficient (Wildman–Crippen LogP) is 2.65. The largest absolute Gasteiger partial charge is 0.496 e. The number of Topliss-reactive ketones (excluding diaryl/α,β-unsaturated/α-hetero) is 1. The van der Waals surface area contributed by atoms with E-state index >= 15 is 0 Å². The molecular weight excluding hydrogens is 332 g/mol. The zero-order valence-electron chi connectivity index (χ0n) is 14.9. The van der Waals surface area contributed by atoms with Crippen LogP contribution in [0, 0.1) is 6.92 Å². The van der Waals surface area contributed by atoms with Crippen molar-refractivity contribution in [1.82, 2.24) is 10.2 Å². The number of hydrogen-bond acceptors (Lipinski definition) is 4. The molecular formula is C20H20N2O4. The van der Waals surface area contributed by atoms with Gasteiger partial charge in [0.15, 0.2) is 5.78 Å². The molecule has 1 fully saturated rings. The van der Waals surface area contributed by atoms with Crippen LogP contribution in [-0.4, -0.2) is 36.3 Å². The molecule has 0 radical (unpaired) electrons. The van der Waals surface area contributed by atoms with Gasteiger partial charge in [-0.15, -0.1) is 0 Å². The minimum atomic E-state index is -1.19. The van der Waals surface area contributed by atoms with Gasteiger partial charge in [0.25, 0.3) is 5.91 Å².